The van der Waals surface area contributed by atoms with Gasteiger partial charge >= 0.3 is 5.97 Å². The Bertz CT molecular complexity index is 2930. The molecule has 8 rings (SSSR count). The Labute approximate surface area is 427 Å². The number of methoxy groups -OCH3 is 1. The fraction of sp³-hybridized carbons (Fsp3) is 0.579. The highest BCUT2D eigenvalue weighted by Crippen LogP contribution is 2.57. The summed E-state index contributed by atoms with van der Waals surface area (Å²) in [5, 5.41) is 37.8. The number of ketones is 1. The number of aliphatic hydroxyl groups excluding tert-OH is 2. The molecule has 5 N–H and O–H groups in total. The number of allylic oxidation sites excluding steroid dienone is 1. The molecule has 14 heteroatoms. The second-order valence-corrected chi connectivity index (χ2v) is 23.3. The van der Waals surface area contributed by atoms with E-state index in [1.54, 1.807) is 18.7 Å². The minimum absolute atomic E-state index is 0.0621. The number of rotatable bonds is 26. The van der Waals surface area contributed by atoms with Crippen LogP contribution < -0.4 is 31.5 Å². The van der Waals surface area contributed by atoms with Crippen molar-refractivity contribution in [1.29, 1.82) is 0 Å². The maximum absolute atomic E-state index is 15.7. The summed E-state index contributed by atoms with van der Waals surface area (Å²) < 4.78 is 12.6. The number of nitrogens with one attached hydrogen (secondary N) is 3. The van der Waals surface area contributed by atoms with Gasteiger partial charge in [0.1, 0.15) is 11.8 Å². The second kappa shape index (κ2) is 23.3. The van der Waals surface area contributed by atoms with E-state index in [1.165, 1.54) is 116 Å². The molecule has 5 aromatic carbocycles. The summed E-state index contributed by atoms with van der Waals surface area (Å²) >= 11 is 2.93. The number of fused-ring (bicyclic) bond motifs is 5. The number of anilines is 3. The lowest BCUT2D eigenvalue weighted by molar-refractivity contribution is -0.870. The van der Waals surface area contributed by atoms with Crippen molar-refractivity contribution in [2.75, 3.05) is 82.0 Å². The number of quaternary nitrogens is 1. The van der Waals surface area contributed by atoms with Crippen molar-refractivity contribution in [3.05, 3.63) is 48.3 Å². The number of carbonyl (C=O) groups is 2. The van der Waals surface area contributed by atoms with Gasteiger partial charge in [0.15, 0.2) is 5.75 Å². The lowest BCUT2D eigenvalue weighted by atomic mass is 9.79. The molecule has 71 heavy (non-hydrogen) atoms. The van der Waals surface area contributed by atoms with Crippen LogP contribution >= 0.6 is 23.5 Å². The van der Waals surface area contributed by atoms with Crippen molar-refractivity contribution in [1.82, 2.24) is 0 Å². The number of unbranched alkanes of at least 4 members (excludes halogenated alkanes) is 15. The fourth-order valence-electron chi connectivity index (χ4n) is 11.8. The molecule has 1 aliphatic carbocycles. The van der Waals surface area contributed by atoms with Crippen molar-refractivity contribution in [2.45, 2.75) is 158 Å². The molecule has 0 amide bonds. The summed E-state index contributed by atoms with van der Waals surface area (Å²) in [4.78, 5) is 59.7. The maximum atomic E-state index is 15.7. The zero-order chi connectivity index (χ0) is 50.6. The Morgan fingerprint density at radius 1 is 0.732 bits per heavy atom. The topological polar surface area (TPSA) is 163 Å². The van der Waals surface area contributed by atoms with Crippen LogP contribution in [0.15, 0.2) is 25.0 Å². The second-order valence-electron chi connectivity index (χ2n) is 21.1. The first-order valence-corrected chi connectivity index (χ1v) is 28.5. The SMILES string of the molecule is CCOC(=O)C1CSc2c(c3c(=O)c(NCCCCCCCCCCCCCCCCCC[N+](C)(C)C)c4c5c6c(c(OC)c(=O)c7c8c(c(CO)c(c(c2CO)c35)c76)SCCN8)C(C(C)=O)C(C)=C4)N1. The molecule has 0 aromatic heterocycles. The Morgan fingerprint density at radius 3 is 1.83 bits per heavy atom. The van der Waals surface area contributed by atoms with Crippen LogP contribution in [0.1, 0.15) is 152 Å². The Balaban J connectivity index is 1.12. The van der Waals surface area contributed by atoms with Crippen LogP contribution in [-0.2, 0) is 27.5 Å². The highest BCUT2D eigenvalue weighted by atomic mass is 32.2. The van der Waals surface area contributed by atoms with Gasteiger partial charge in [0.25, 0.3) is 0 Å². The van der Waals surface area contributed by atoms with E-state index in [0.29, 0.717) is 117 Å². The largest absolute Gasteiger partial charge is 0.492 e. The van der Waals surface area contributed by atoms with Crippen molar-refractivity contribution in [3.63, 3.8) is 0 Å². The van der Waals surface area contributed by atoms with Crippen LogP contribution in [-0.4, -0.2) is 98.5 Å². The van der Waals surface area contributed by atoms with Crippen LogP contribution in [0.3, 0.4) is 0 Å². The lowest BCUT2D eigenvalue weighted by Crippen LogP contribution is -2.36. The van der Waals surface area contributed by atoms with Gasteiger partial charge in [0.2, 0.25) is 10.9 Å². The number of thioether (sulfide) groups is 2. The van der Waals surface area contributed by atoms with E-state index in [9.17, 15) is 19.8 Å². The number of hydrogen-bond acceptors (Lipinski definition) is 13. The third kappa shape index (κ3) is 10.4. The summed E-state index contributed by atoms with van der Waals surface area (Å²) in [6, 6.07) is -0.764. The molecule has 2 unspecified atom stereocenters. The normalized spacial score (nSPS) is 16.5. The van der Waals surface area contributed by atoms with Gasteiger partial charge in [-0.3, -0.25) is 14.4 Å². The molecule has 0 radical (unpaired) electrons. The smallest absolute Gasteiger partial charge is 0.329 e. The van der Waals surface area contributed by atoms with E-state index in [-0.39, 0.29) is 35.6 Å². The third-order valence-corrected chi connectivity index (χ3v) is 17.5. The first kappa shape index (κ1) is 53.0. The van der Waals surface area contributed by atoms with Crippen LogP contribution in [0.25, 0.3) is 49.2 Å². The van der Waals surface area contributed by atoms with Gasteiger partial charge in [-0.25, -0.2) is 4.79 Å². The molecule has 384 valence electrons. The van der Waals surface area contributed by atoms with Gasteiger partial charge < -0.3 is 40.1 Å². The molecule has 5 aromatic rings. The summed E-state index contributed by atoms with van der Waals surface area (Å²) in [6.07, 6.45) is 22.0. The minimum Gasteiger partial charge on any atom is -0.492 e. The third-order valence-electron chi connectivity index (χ3n) is 15.1. The number of hydrogen-bond donors (Lipinski definition) is 5. The predicted octanol–water partition coefficient (Wildman–Crippen LogP) is 11.3. The van der Waals surface area contributed by atoms with E-state index in [1.807, 2.05) is 13.0 Å². The van der Waals surface area contributed by atoms with Gasteiger partial charge in [-0.1, -0.05) is 95.1 Å². The summed E-state index contributed by atoms with van der Waals surface area (Å²) in [6.45, 7) is 6.93. The van der Waals surface area contributed by atoms with E-state index < -0.39 is 24.5 Å². The van der Waals surface area contributed by atoms with Gasteiger partial charge in [0, 0.05) is 72.8 Å². The van der Waals surface area contributed by atoms with Crippen molar-refractivity contribution in [2.24, 2.45) is 0 Å². The van der Waals surface area contributed by atoms with Crippen LogP contribution in [0, 0.1) is 0 Å². The summed E-state index contributed by atoms with van der Waals surface area (Å²) in [5.74, 6) is -0.459. The van der Waals surface area contributed by atoms with Gasteiger partial charge in [-0.05, 0) is 56.2 Å². The van der Waals surface area contributed by atoms with Crippen molar-refractivity contribution < 1.29 is 33.8 Å². The van der Waals surface area contributed by atoms with E-state index in [4.69, 9.17) is 9.47 Å². The highest BCUT2D eigenvalue weighted by Gasteiger charge is 2.40. The molecule has 0 spiro atoms. The number of nitrogens with zero attached hydrogens (tertiary/aromatic N) is 1. The predicted molar refractivity (Wildman–Crippen MR) is 296 cm³/mol. The van der Waals surface area contributed by atoms with Crippen LogP contribution in [0.2, 0.25) is 0 Å². The molecule has 2 heterocycles. The molecule has 0 saturated heterocycles. The molecule has 0 fully saturated rings. The average Bonchev–Trinajstić information content (AvgIpc) is 3.48. The molecule has 0 bridgehead atoms. The van der Waals surface area contributed by atoms with E-state index >= 15 is 9.59 Å². The molecule has 2 aliphatic heterocycles. The fourth-order valence-corrected chi connectivity index (χ4v) is 14.1. The molecular weight excluding hydrogens is 933 g/mol. The van der Waals surface area contributed by atoms with Crippen molar-refractivity contribution >= 4 is 102 Å². The molecule has 3 aliphatic rings. The molecule has 12 nitrogen and oxygen atoms in total. The quantitative estimate of drug-likeness (QED) is 0.0117. The molecule has 0 saturated carbocycles. The summed E-state index contributed by atoms with van der Waals surface area (Å²) in [5.41, 5.74) is 3.59. The lowest BCUT2D eigenvalue weighted by Gasteiger charge is -2.32. The van der Waals surface area contributed by atoms with Gasteiger partial charge in [0.05, 0.1) is 88.4 Å². The number of ether oxygens (including phenoxy) is 2. The number of Topliss-reactive ketones (excluding diaryl/α,β-unsaturated/α-hetero) is 1. The van der Waals surface area contributed by atoms with Gasteiger partial charge in [-0.15, -0.1) is 23.5 Å². The minimum atomic E-state index is -0.882. The van der Waals surface area contributed by atoms with Crippen LogP contribution in [0.4, 0.5) is 17.1 Å². The van der Waals surface area contributed by atoms with E-state index in [2.05, 4.69) is 37.1 Å². The number of esters is 1. The number of benzene rings is 5. The average molecular weight is 1010 g/mol. The van der Waals surface area contributed by atoms with Crippen molar-refractivity contribution in [3.8, 4) is 5.75 Å². The van der Waals surface area contributed by atoms with E-state index in [0.717, 1.165) is 28.6 Å². The highest BCUT2D eigenvalue weighted by molar-refractivity contribution is 8.00. The number of carbonyl (C=O) groups excluding carboxylic acids is 2. The first-order valence-electron chi connectivity index (χ1n) is 26.5. The first-order chi connectivity index (χ1) is 34.3. The number of aliphatic hydroxyl groups is 2. The summed E-state index contributed by atoms with van der Waals surface area (Å²) in [7, 11) is 8.28. The molecule has 2 atom stereocenters. The standard InChI is InChI=1S/C57H76N4O8S2/c1-8-69-57(67)38-32-71-56-37(31-63)41-42-36(30-62)55-50(59-26-28-70-55)47-45(42)44-40-35(29-33(2)39(34(3)64)46(44)54(68-7)53(47)66)49(52(65)48(43(40)41)51(56)60-38)58-25-23-21-19-17-15-13-11-9-10-12-14-16-18-20-22-24-27-61(4,5)6/h29,38-39,62-63H,8-28,30-32H2,1-7H3,(H2-,58,59,60,65,66)/p+1. The zero-order valence-corrected chi connectivity index (χ0v) is 44.9. The van der Waals surface area contributed by atoms with Crippen LogP contribution in [0.5, 0.6) is 5.75 Å². The Kier molecular flexibility index (Phi) is 17.3. The zero-order valence-electron chi connectivity index (χ0n) is 43.3. The maximum Gasteiger partial charge on any atom is 0.329 e. The Morgan fingerprint density at radius 2 is 1.28 bits per heavy atom. The molecular formula is C57H77N4O8S2+. The monoisotopic (exact) mass is 1010 g/mol. The van der Waals surface area contributed by atoms with Gasteiger partial charge in [-0.2, -0.15) is 0 Å². The Hall–Kier alpha value is -4.34.